The van der Waals surface area contributed by atoms with Gasteiger partial charge in [-0.05, 0) is 88.0 Å². The van der Waals surface area contributed by atoms with Crippen LogP contribution in [0, 0.1) is 11.3 Å². The van der Waals surface area contributed by atoms with Crippen molar-refractivity contribution in [1.29, 1.82) is 5.26 Å². The van der Waals surface area contributed by atoms with E-state index < -0.39 is 0 Å². The molecule has 57 heavy (non-hydrogen) atoms. The maximum atomic E-state index is 9.89. The van der Waals surface area contributed by atoms with Crippen LogP contribution >= 0.6 is 0 Å². The summed E-state index contributed by atoms with van der Waals surface area (Å²) in [5, 5.41) is 12.2. The molecule has 0 aliphatic carbocycles. The molecule has 0 saturated carbocycles. The van der Waals surface area contributed by atoms with E-state index in [0.29, 0.717) is 11.4 Å². The summed E-state index contributed by atoms with van der Waals surface area (Å²) in [6, 6.07) is 73.9. The number of nitrogens with zero attached hydrogens (tertiary/aromatic N) is 4. The molecule has 2 heterocycles. The van der Waals surface area contributed by atoms with Gasteiger partial charge in [-0.15, -0.1) is 0 Å². The van der Waals surface area contributed by atoms with Crippen LogP contribution < -0.4 is 0 Å². The van der Waals surface area contributed by atoms with Gasteiger partial charge < -0.3 is 4.57 Å². The van der Waals surface area contributed by atoms with Gasteiger partial charge in [0.1, 0.15) is 0 Å². The number of nitriles is 1. The third-order valence-corrected chi connectivity index (χ3v) is 10.6. The molecule has 0 N–H and O–H groups in total. The van der Waals surface area contributed by atoms with Crippen molar-refractivity contribution in [3.8, 4) is 79.0 Å². The average molecular weight is 727 g/mol. The zero-order valence-corrected chi connectivity index (χ0v) is 30.9. The molecular formula is C53H34N4. The van der Waals surface area contributed by atoms with Crippen molar-refractivity contribution in [2.24, 2.45) is 0 Å². The quantitative estimate of drug-likeness (QED) is 0.164. The fourth-order valence-electron chi connectivity index (χ4n) is 7.83. The number of rotatable bonds is 7. The summed E-state index contributed by atoms with van der Waals surface area (Å²) in [5.74, 6) is 0.619. The zero-order chi connectivity index (χ0) is 38.1. The monoisotopic (exact) mass is 726 g/mol. The van der Waals surface area contributed by atoms with Crippen LogP contribution in [0.1, 0.15) is 5.56 Å². The van der Waals surface area contributed by atoms with Crippen LogP contribution in [0.5, 0.6) is 0 Å². The molecule has 2 aromatic heterocycles. The second-order valence-electron chi connectivity index (χ2n) is 14.2. The van der Waals surface area contributed by atoms with Crippen molar-refractivity contribution < 1.29 is 0 Å². The van der Waals surface area contributed by atoms with Gasteiger partial charge in [0.15, 0.2) is 5.82 Å². The Labute approximate surface area is 331 Å². The van der Waals surface area contributed by atoms with Gasteiger partial charge >= 0.3 is 0 Å². The highest BCUT2D eigenvalue weighted by Gasteiger charge is 2.18. The first kappa shape index (κ1) is 33.7. The molecule has 0 saturated heterocycles. The molecular weight excluding hydrogens is 693 g/mol. The van der Waals surface area contributed by atoms with Crippen LogP contribution in [0.4, 0.5) is 0 Å². The number of hydrogen-bond donors (Lipinski definition) is 0. The number of hydrogen-bond acceptors (Lipinski definition) is 3. The number of para-hydroxylation sites is 1. The van der Waals surface area contributed by atoms with Gasteiger partial charge in [-0.25, -0.2) is 9.97 Å². The van der Waals surface area contributed by atoms with E-state index in [2.05, 4.69) is 162 Å². The van der Waals surface area contributed by atoms with E-state index in [1.165, 1.54) is 21.9 Å². The highest BCUT2D eigenvalue weighted by Crippen LogP contribution is 2.39. The second-order valence-corrected chi connectivity index (χ2v) is 14.2. The molecule has 4 nitrogen and oxygen atoms in total. The first-order valence-electron chi connectivity index (χ1n) is 19.0. The minimum Gasteiger partial charge on any atom is -0.309 e. The van der Waals surface area contributed by atoms with Gasteiger partial charge in [0.25, 0.3) is 0 Å². The Kier molecular flexibility index (Phi) is 8.52. The standard InChI is InChI=1S/C53H34N4/c54-35-36-14-12-21-40(28-36)44-30-45(53-55-49(38-17-6-2-7-18-38)34-50(56-53)39-19-8-3-9-20-39)32-46(31-44)57-51-25-11-10-24-47(51)48-27-26-43(33-52(48)57)42-23-13-22-41(29-42)37-15-4-1-5-16-37/h1-34H. The molecule has 0 radical (unpaired) electrons. The molecule has 8 aromatic carbocycles. The largest absolute Gasteiger partial charge is 0.309 e. The summed E-state index contributed by atoms with van der Waals surface area (Å²) in [5.41, 5.74) is 14.9. The highest BCUT2D eigenvalue weighted by molar-refractivity contribution is 6.10. The third-order valence-electron chi connectivity index (χ3n) is 10.6. The molecule has 0 unspecified atom stereocenters. The molecule has 10 aromatic rings. The molecule has 0 fully saturated rings. The smallest absolute Gasteiger partial charge is 0.160 e. The topological polar surface area (TPSA) is 54.5 Å². The molecule has 266 valence electrons. The van der Waals surface area contributed by atoms with Gasteiger partial charge in [0.05, 0.1) is 34.1 Å². The minimum atomic E-state index is 0.604. The third kappa shape index (κ3) is 6.44. The van der Waals surface area contributed by atoms with Crippen molar-refractivity contribution in [2.45, 2.75) is 0 Å². The zero-order valence-electron chi connectivity index (χ0n) is 30.9. The summed E-state index contributed by atoms with van der Waals surface area (Å²) in [7, 11) is 0. The van der Waals surface area contributed by atoms with E-state index in [9.17, 15) is 5.26 Å². The normalized spacial score (nSPS) is 11.1. The Hall–Kier alpha value is -7.87. The van der Waals surface area contributed by atoms with Crippen LogP contribution in [-0.4, -0.2) is 14.5 Å². The first-order valence-corrected chi connectivity index (χ1v) is 19.0. The van der Waals surface area contributed by atoms with Crippen LogP contribution in [0.15, 0.2) is 206 Å². The van der Waals surface area contributed by atoms with E-state index in [-0.39, 0.29) is 0 Å². The SMILES string of the molecule is N#Cc1cccc(-c2cc(-c3nc(-c4ccccc4)cc(-c4ccccc4)n3)cc(-n3c4ccccc4c4ccc(-c5cccc(-c6ccccc6)c5)cc43)c2)c1. The summed E-state index contributed by atoms with van der Waals surface area (Å²) in [4.78, 5) is 10.5. The lowest BCUT2D eigenvalue weighted by molar-refractivity contribution is 1.16. The van der Waals surface area contributed by atoms with Gasteiger partial charge in [0, 0.05) is 33.2 Å². The first-order chi connectivity index (χ1) is 28.2. The van der Waals surface area contributed by atoms with E-state index in [4.69, 9.17) is 9.97 Å². The Morgan fingerprint density at radius 3 is 1.54 bits per heavy atom. The van der Waals surface area contributed by atoms with Gasteiger partial charge in [-0.2, -0.15) is 5.26 Å². The Morgan fingerprint density at radius 1 is 0.351 bits per heavy atom. The van der Waals surface area contributed by atoms with Crippen LogP contribution in [0.2, 0.25) is 0 Å². The molecule has 10 rings (SSSR count). The lowest BCUT2D eigenvalue weighted by Crippen LogP contribution is -1.99. The van der Waals surface area contributed by atoms with Crippen LogP contribution in [-0.2, 0) is 0 Å². The van der Waals surface area contributed by atoms with Crippen LogP contribution in [0.3, 0.4) is 0 Å². The summed E-state index contributed by atoms with van der Waals surface area (Å²) in [6.45, 7) is 0. The maximum absolute atomic E-state index is 9.89. The van der Waals surface area contributed by atoms with Gasteiger partial charge in [0.2, 0.25) is 0 Å². The predicted molar refractivity (Wildman–Crippen MR) is 234 cm³/mol. The van der Waals surface area contributed by atoms with E-state index in [0.717, 1.165) is 67.1 Å². The summed E-state index contributed by atoms with van der Waals surface area (Å²) >= 11 is 0. The number of benzene rings is 8. The maximum Gasteiger partial charge on any atom is 0.160 e. The lowest BCUT2D eigenvalue weighted by atomic mass is 9.98. The second kappa shape index (κ2) is 14.4. The van der Waals surface area contributed by atoms with Crippen molar-refractivity contribution in [3.63, 3.8) is 0 Å². The number of aromatic nitrogens is 3. The molecule has 0 aliphatic heterocycles. The summed E-state index contributed by atoms with van der Waals surface area (Å²) < 4.78 is 2.36. The molecule has 0 atom stereocenters. The molecule has 0 aliphatic rings. The van der Waals surface area contributed by atoms with E-state index in [1.807, 2.05) is 54.6 Å². The Morgan fingerprint density at radius 2 is 0.860 bits per heavy atom. The van der Waals surface area contributed by atoms with Crippen molar-refractivity contribution in [3.05, 3.63) is 212 Å². The average Bonchev–Trinajstić information content (AvgIpc) is 3.63. The highest BCUT2D eigenvalue weighted by atomic mass is 15.0. The molecule has 4 heteroatoms. The predicted octanol–water partition coefficient (Wildman–Crippen LogP) is 13.4. The fraction of sp³-hybridized carbons (Fsp3) is 0. The molecule has 0 spiro atoms. The van der Waals surface area contributed by atoms with E-state index >= 15 is 0 Å². The van der Waals surface area contributed by atoms with Gasteiger partial charge in [-0.3, -0.25) is 0 Å². The van der Waals surface area contributed by atoms with Crippen molar-refractivity contribution in [1.82, 2.24) is 14.5 Å². The number of fused-ring (bicyclic) bond motifs is 3. The van der Waals surface area contributed by atoms with Crippen LogP contribution in [0.25, 0.3) is 94.8 Å². The fourth-order valence-corrected chi connectivity index (χ4v) is 7.83. The lowest BCUT2D eigenvalue weighted by Gasteiger charge is -2.15. The molecule has 0 amide bonds. The summed E-state index contributed by atoms with van der Waals surface area (Å²) in [6.07, 6.45) is 0. The van der Waals surface area contributed by atoms with Crippen molar-refractivity contribution in [2.75, 3.05) is 0 Å². The van der Waals surface area contributed by atoms with Gasteiger partial charge in [-0.1, -0.05) is 152 Å². The van der Waals surface area contributed by atoms with E-state index in [1.54, 1.807) is 0 Å². The Balaban J connectivity index is 1.22. The van der Waals surface area contributed by atoms with Crippen molar-refractivity contribution >= 4 is 21.8 Å². The minimum absolute atomic E-state index is 0.604. The molecule has 0 bridgehead atoms. The Bertz CT molecular complexity index is 3060.